The van der Waals surface area contributed by atoms with E-state index in [1.165, 1.54) is 31.4 Å². The van der Waals surface area contributed by atoms with Crippen molar-refractivity contribution in [2.45, 2.75) is 17.0 Å². The summed E-state index contributed by atoms with van der Waals surface area (Å²) in [5, 5.41) is 19.1. The van der Waals surface area contributed by atoms with Crippen molar-refractivity contribution in [3.63, 3.8) is 0 Å². The van der Waals surface area contributed by atoms with Crippen LogP contribution in [0, 0.1) is 0 Å². The molecule has 0 unspecified atom stereocenters. The topological polar surface area (TPSA) is 121 Å². The maximum Gasteiger partial charge on any atom is 0.243 e. The maximum atomic E-state index is 12.7. The predicted octanol–water partition coefficient (Wildman–Crippen LogP) is -1.16. The van der Waals surface area contributed by atoms with E-state index in [1.807, 2.05) is 0 Å². The quantitative estimate of drug-likeness (QED) is 0.652. The largest absolute Gasteiger partial charge is 0.497 e. The molecule has 8 nitrogen and oxygen atoms in total. The molecule has 1 aliphatic heterocycles. The van der Waals surface area contributed by atoms with E-state index < -0.39 is 50.1 Å². The van der Waals surface area contributed by atoms with E-state index in [0.717, 1.165) is 4.31 Å². The van der Waals surface area contributed by atoms with Crippen LogP contribution in [0.25, 0.3) is 0 Å². The van der Waals surface area contributed by atoms with E-state index in [-0.39, 0.29) is 11.4 Å². The van der Waals surface area contributed by atoms with Gasteiger partial charge in [-0.15, -0.1) is 0 Å². The fraction of sp³-hybridized carbons (Fsp3) is 0.538. The molecule has 0 spiro atoms. The third kappa shape index (κ3) is 3.83. The number of sulfone groups is 1. The van der Waals surface area contributed by atoms with E-state index in [2.05, 4.69) is 0 Å². The molecule has 0 bridgehead atoms. The predicted molar refractivity (Wildman–Crippen MR) is 82.4 cm³/mol. The second-order valence-electron chi connectivity index (χ2n) is 5.23. The van der Waals surface area contributed by atoms with Gasteiger partial charge in [0.05, 0.1) is 42.3 Å². The fourth-order valence-electron chi connectivity index (χ4n) is 2.53. The highest BCUT2D eigenvalue weighted by atomic mass is 32.2. The van der Waals surface area contributed by atoms with E-state index in [9.17, 15) is 21.9 Å². The van der Waals surface area contributed by atoms with Crippen LogP contribution in [-0.2, 0) is 19.9 Å². The first-order valence-electron chi connectivity index (χ1n) is 6.86. The van der Waals surface area contributed by atoms with Crippen molar-refractivity contribution in [2.75, 3.05) is 31.8 Å². The van der Waals surface area contributed by atoms with Gasteiger partial charge in [0.1, 0.15) is 5.75 Å². The zero-order valence-electron chi connectivity index (χ0n) is 12.5. The van der Waals surface area contributed by atoms with Crippen LogP contribution in [0.1, 0.15) is 0 Å². The number of ether oxygens (including phenoxy) is 1. The van der Waals surface area contributed by atoms with E-state index >= 15 is 0 Å². The smallest absolute Gasteiger partial charge is 0.243 e. The van der Waals surface area contributed by atoms with Gasteiger partial charge in [-0.3, -0.25) is 0 Å². The first-order chi connectivity index (χ1) is 10.7. The van der Waals surface area contributed by atoms with Crippen molar-refractivity contribution >= 4 is 19.9 Å². The van der Waals surface area contributed by atoms with Crippen LogP contribution >= 0.6 is 0 Å². The molecule has 1 aromatic rings. The van der Waals surface area contributed by atoms with Gasteiger partial charge in [-0.1, -0.05) is 0 Å². The number of hydrogen-bond acceptors (Lipinski definition) is 7. The molecule has 0 radical (unpaired) electrons. The molecular formula is C13H19NO7S2. The summed E-state index contributed by atoms with van der Waals surface area (Å²) < 4.78 is 54.6. The summed E-state index contributed by atoms with van der Waals surface area (Å²) in [6.45, 7) is -0.787. The molecule has 1 saturated heterocycles. The third-order valence-electron chi connectivity index (χ3n) is 3.65. The SMILES string of the molecule is COc1ccc(S(=O)(=O)N(CCO)[C@H]2CS(=O)(=O)C[C@@H]2O)cc1. The Bertz CT molecular complexity index is 743. The lowest BCUT2D eigenvalue weighted by Crippen LogP contribution is -2.47. The van der Waals surface area contributed by atoms with Crippen LogP contribution in [0.2, 0.25) is 0 Å². The molecule has 0 amide bonds. The van der Waals surface area contributed by atoms with E-state index in [1.54, 1.807) is 0 Å². The first-order valence-corrected chi connectivity index (χ1v) is 10.1. The molecule has 2 atom stereocenters. The second-order valence-corrected chi connectivity index (χ2v) is 9.27. The molecule has 0 saturated carbocycles. The van der Waals surface area contributed by atoms with Gasteiger partial charge in [0.15, 0.2) is 9.84 Å². The van der Waals surface area contributed by atoms with Gasteiger partial charge in [-0.05, 0) is 24.3 Å². The normalized spacial score (nSPS) is 24.0. The number of sulfonamides is 1. The van der Waals surface area contributed by atoms with Crippen molar-refractivity contribution in [2.24, 2.45) is 0 Å². The highest BCUT2D eigenvalue weighted by Gasteiger charge is 2.44. The average Bonchev–Trinajstić information content (AvgIpc) is 2.77. The van der Waals surface area contributed by atoms with Crippen LogP contribution in [0.15, 0.2) is 29.2 Å². The molecule has 0 aliphatic carbocycles. The highest BCUT2D eigenvalue weighted by Crippen LogP contribution is 2.26. The first kappa shape index (κ1) is 18.1. The number of rotatable bonds is 6. The number of benzene rings is 1. The number of methoxy groups -OCH3 is 1. The second kappa shape index (κ2) is 6.73. The number of aliphatic hydroxyl groups is 2. The van der Waals surface area contributed by atoms with Gasteiger partial charge in [0.25, 0.3) is 0 Å². The average molecular weight is 365 g/mol. The Morgan fingerprint density at radius 2 is 1.87 bits per heavy atom. The van der Waals surface area contributed by atoms with Gasteiger partial charge in [-0.25, -0.2) is 16.8 Å². The monoisotopic (exact) mass is 365 g/mol. The molecule has 0 aromatic heterocycles. The van der Waals surface area contributed by atoms with Gasteiger partial charge < -0.3 is 14.9 Å². The molecule has 1 aliphatic rings. The Kier molecular flexibility index (Phi) is 5.31. The number of hydrogen-bond donors (Lipinski definition) is 2. The Hall–Kier alpha value is -1.20. The van der Waals surface area contributed by atoms with E-state index in [0.29, 0.717) is 5.75 Å². The van der Waals surface area contributed by atoms with Gasteiger partial charge in [0.2, 0.25) is 10.0 Å². The van der Waals surface area contributed by atoms with Crippen LogP contribution in [0.4, 0.5) is 0 Å². The fourth-order valence-corrected chi connectivity index (χ4v) is 6.07. The van der Waals surface area contributed by atoms with Crippen LogP contribution < -0.4 is 4.74 Å². The number of nitrogens with zero attached hydrogens (tertiary/aromatic N) is 1. The highest BCUT2D eigenvalue weighted by molar-refractivity contribution is 7.92. The lowest BCUT2D eigenvalue weighted by atomic mass is 10.2. The summed E-state index contributed by atoms with van der Waals surface area (Å²) in [6.07, 6.45) is -1.32. The van der Waals surface area contributed by atoms with Gasteiger partial charge >= 0.3 is 0 Å². The summed E-state index contributed by atoms with van der Waals surface area (Å²) in [6, 6.07) is 4.47. The minimum absolute atomic E-state index is 0.0664. The molecule has 1 heterocycles. The summed E-state index contributed by atoms with van der Waals surface area (Å²) >= 11 is 0. The Balaban J connectivity index is 2.39. The molecule has 23 heavy (non-hydrogen) atoms. The van der Waals surface area contributed by atoms with Crippen LogP contribution in [0.5, 0.6) is 5.75 Å². The van der Waals surface area contributed by atoms with Gasteiger partial charge in [-0.2, -0.15) is 4.31 Å². The lowest BCUT2D eigenvalue weighted by molar-refractivity contribution is 0.117. The molecule has 2 rings (SSSR count). The third-order valence-corrected chi connectivity index (χ3v) is 7.29. The number of aliphatic hydroxyl groups excluding tert-OH is 2. The van der Waals surface area contributed by atoms with Crippen LogP contribution in [0.3, 0.4) is 0 Å². The van der Waals surface area contributed by atoms with Crippen LogP contribution in [-0.4, -0.2) is 75.3 Å². The molecule has 10 heteroatoms. The zero-order chi connectivity index (χ0) is 17.3. The van der Waals surface area contributed by atoms with Gasteiger partial charge in [0, 0.05) is 6.54 Å². The van der Waals surface area contributed by atoms with Crippen molar-refractivity contribution in [1.29, 1.82) is 0 Å². The van der Waals surface area contributed by atoms with E-state index in [4.69, 9.17) is 9.84 Å². The summed E-state index contributed by atoms with van der Waals surface area (Å²) in [7, 11) is -6.13. The molecule has 2 N–H and O–H groups in total. The zero-order valence-corrected chi connectivity index (χ0v) is 14.1. The summed E-state index contributed by atoms with van der Waals surface area (Å²) in [5.74, 6) is -0.484. The maximum absolute atomic E-state index is 12.7. The van der Waals surface area contributed by atoms with Crippen molar-refractivity contribution in [3.8, 4) is 5.75 Å². The summed E-state index contributed by atoms with van der Waals surface area (Å²) in [5.41, 5.74) is 0. The van der Waals surface area contributed by atoms with Crippen molar-refractivity contribution < 1.29 is 31.8 Å². The van der Waals surface area contributed by atoms with Crippen molar-refractivity contribution in [3.05, 3.63) is 24.3 Å². The Morgan fingerprint density at radius 1 is 1.26 bits per heavy atom. The minimum Gasteiger partial charge on any atom is -0.497 e. The molecule has 130 valence electrons. The summed E-state index contributed by atoms with van der Waals surface area (Å²) in [4.78, 5) is -0.0664. The Morgan fingerprint density at radius 3 is 2.30 bits per heavy atom. The minimum atomic E-state index is -4.06. The molecule has 1 aromatic carbocycles. The standard InChI is InChI=1S/C13H19NO7S2/c1-21-10-2-4-11(5-3-10)23(19,20)14(6-7-15)12-8-22(17,18)9-13(12)16/h2-5,12-13,15-16H,6-9H2,1H3/t12-,13-/m0/s1. The molecular weight excluding hydrogens is 346 g/mol. The molecule has 1 fully saturated rings. The Labute approximate surface area is 135 Å². The lowest BCUT2D eigenvalue weighted by Gasteiger charge is -2.28. The van der Waals surface area contributed by atoms with Crippen molar-refractivity contribution in [1.82, 2.24) is 4.31 Å².